The van der Waals surface area contributed by atoms with Gasteiger partial charge in [0.15, 0.2) is 0 Å². The first-order valence-corrected chi connectivity index (χ1v) is 24.1. The number of nitrogens with one attached hydrogen (secondary N) is 7. The number of aromatic nitrogens is 2. The summed E-state index contributed by atoms with van der Waals surface area (Å²) in [5.74, 6) is 0. The first-order chi connectivity index (χ1) is 31.3. The minimum absolute atomic E-state index is 0.189. The number of anilines is 2. The summed E-state index contributed by atoms with van der Waals surface area (Å²) in [5.41, 5.74) is 6.80. The minimum atomic E-state index is -0.486. The van der Waals surface area contributed by atoms with Crippen molar-refractivity contribution in [3.63, 3.8) is 0 Å². The zero-order chi connectivity index (χ0) is 51.9. The summed E-state index contributed by atoms with van der Waals surface area (Å²) in [6.45, 7) is 35.4. The van der Waals surface area contributed by atoms with Crippen molar-refractivity contribution in [1.82, 2.24) is 41.9 Å². The van der Waals surface area contributed by atoms with Crippen molar-refractivity contribution in [3.8, 4) is 0 Å². The van der Waals surface area contributed by atoms with Crippen LogP contribution in [0.3, 0.4) is 0 Å². The standard InChI is InChI=1S/3C11H22N2O2.C11H16N2O2.C6H8N2/c4*1-8-9(6-5-7-12-8)13-10(14)15-11(2,3)4;1-5-6(7)3-2-4-8-5/h3*8-9,12H,5-7H2,1-4H3,(H,13,14);5-7H,1-4H3,(H,13,14);2-4H,7H2,1H3/t2*8-,9-;;;/m10.../s1. The molecule has 0 radical (unpaired) electrons. The van der Waals surface area contributed by atoms with Crippen LogP contribution in [-0.4, -0.2) is 113 Å². The van der Waals surface area contributed by atoms with Gasteiger partial charge in [-0.05, 0) is 200 Å². The van der Waals surface area contributed by atoms with Crippen molar-refractivity contribution in [2.75, 3.05) is 30.7 Å². The molecule has 2 aromatic rings. The number of pyridine rings is 2. The van der Waals surface area contributed by atoms with E-state index in [9.17, 15) is 19.2 Å². The minimum Gasteiger partial charge on any atom is -0.444 e. The van der Waals surface area contributed by atoms with E-state index in [4.69, 9.17) is 24.7 Å². The number of hydrogen-bond donors (Lipinski definition) is 8. The third-order valence-electron chi connectivity index (χ3n) is 10.1. The van der Waals surface area contributed by atoms with Crippen LogP contribution in [0.2, 0.25) is 0 Å². The van der Waals surface area contributed by atoms with Gasteiger partial charge < -0.3 is 56.6 Å². The smallest absolute Gasteiger partial charge is 0.412 e. The van der Waals surface area contributed by atoms with Gasteiger partial charge in [-0.25, -0.2) is 19.2 Å². The van der Waals surface area contributed by atoms with E-state index in [0.717, 1.165) is 75.2 Å². The quantitative estimate of drug-likeness (QED) is 0.134. The van der Waals surface area contributed by atoms with Gasteiger partial charge in [-0.3, -0.25) is 15.3 Å². The third-order valence-corrected chi connectivity index (χ3v) is 10.1. The summed E-state index contributed by atoms with van der Waals surface area (Å²) in [4.78, 5) is 54.0. The molecule has 2 aromatic heterocycles. The predicted octanol–water partition coefficient (Wildman–Crippen LogP) is 8.66. The van der Waals surface area contributed by atoms with Crippen molar-refractivity contribution in [3.05, 3.63) is 48.0 Å². The molecule has 0 aliphatic carbocycles. The number of nitrogens with two attached hydrogens (primary N) is 1. The van der Waals surface area contributed by atoms with Gasteiger partial charge in [0.1, 0.15) is 22.4 Å². The summed E-state index contributed by atoms with van der Waals surface area (Å²) in [7, 11) is 0. The molecule has 3 fully saturated rings. The largest absolute Gasteiger partial charge is 0.444 e. The molecule has 2 unspecified atom stereocenters. The first-order valence-electron chi connectivity index (χ1n) is 24.1. The summed E-state index contributed by atoms with van der Waals surface area (Å²) in [5, 5.41) is 21.3. The highest BCUT2D eigenvalue weighted by molar-refractivity contribution is 5.85. The zero-order valence-electron chi connectivity index (χ0n) is 44.5. The Hall–Kier alpha value is -4.94. The van der Waals surface area contributed by atoms with Crippen LogP contribution in [0.1, 0.15) is 154 Å². The molecule has 0 saturated carbocycles. The number of carbonyl (C=O) groups is 4. The Morgan fingerprint density at radius 2 is 0.838 bits per heavy atom. The lowest BCUT2D eigenvalue weighted by Crippen LogP contribution is -2.52. The SMILES string of the molecule is CC1NCCCC1NC(=O)OC(C)(C)C.C[C@@H]1NCCC[C@@H]1NC(=O)OC(C)(C)C.C[C@H]1NCCC[C@H]1NC(=O)OC(C)(C)C.Cc1ncccc1N.Cc1ncccc1NC(=O)OC(C)(C)C. The van der Waals surface area contributed by atoms with Crippen molar-refractivity contribution >= 4 is 35.7 Å². The number of nitrogens with zero attached hydrogens (tertiary/aromatic N) is 2. The molecule has 18 nitrogen and oxygen atoms in total. The van der Waals surface area contributed by atoms with Crippen LogP contribution in [0.25, 0.3) is 0 Å². The number of nitrogen functional groups attached to an aromatic ring is 1. The maximum Gasteiger partial charge on any atom is 0.412 e. The summed E-state index contributed by atoms with van der Waals surface area (Å²) in [6, 6.07) is 8.75. The number of piperidine rings is 3. The topological polar surface area (TPSA) is 241 Å². The van der Waals surface area contributed by atoms with Gasteiger partial charge in [0.25, 0.3) is 0 Å². The van der Waals surface area contributed by atoms with Crippen LogP contribution >= 0.6 is 0 Å². The Bertz CT molecular complexity index is 1670. The third kappa shape index (κ3) is 29.7. The summed E-state index contributed by atoms with van der Waals surface area (Å²) >= 11 is 0. The van der Waals surface area contributed by atoms with Crippen molar-refractivity contribution in [2.24, 2.45) is 0 Å². The van der Waals surface area contributed by atoms with Gasteiger partial charge in [-0.15, -0.1) is 0 Å². The molecule has 68 heavy (non-hydrogen) atoms. The zero-order valence-corrected chi connectivity index (χ0v) is 44.5. The number of alkyl carbamates (subject to hydrolysis) is 3. The molecule has 5 heterocycles. The van der Waals surface area contributed by atoms with Crippen molar-refractivity contribution in [2.45, 2.75) is 215 Å². The summed E-state index contributed by atoms with van der Waals surface area (Å²) < 4.78 is 20.8. The van der Waals surface area contributed by atoms with Crippen molar-refractivity contribution < 1.29 is 38.1 Å². The average Bonchev–Trinajstić information content (AvgIpc) is 3.18. The van der Waals surface area contributed by atoms with E-state index in [-0.39, 0.29) is 36.4 Å². The summed E-state index contributed by atoms with van der Waals surface area (Å²) in [6.07, 6.45) is 8.36. The predicted molar refractivity (Wildman–Crippen MR) is 272 cm³/mol. The lowest BCUT2D eigenvalue weighted by Gasteiger charge is -2.31. The first kappa shape index (κ1) is 61.1. The second-order valence-corrected chi connectivity index (χ2v) is 21.4. The normalized spacial score (nSPS) is 21.5. The highest BCUT2D eigenvalue weighted by atomic mass is 16.6. The lowest BCUT2D eigenvalue weighted by molar-refractivity contribution is 0.0473. The van der Waals surface area contributed by atoms with Gasteiger partial charge in [0, 0.05) is 48.6 Å². The Kier molecular flexibility index (Phi) is 26.2. The molecule has 3 aliphatic rings. The monoisotopic (exact) mass is 959 g/mol. The average molecular weight is 959 g/mol. The number of ether oxygens (including phenoxy) is 4. The number of aryl methyl sites for hydroxylation is 2. The molecule has 0 spiro atoms. The number of rotatable bonds is 4. The second-order valence-electron chi connectivity index (χ2n) is 21.4. The highest BCUT2D eigenvalue weighted by Crippen LogP contribution is 2.16. The molecule has 18 heteroatoms. The molecule has 3 aliphatic heterocycles. The molecule has 9 N–H and O–H groups in total. The number of hydrogen-bond acceptors (Lipinski definition) is 14. The number of amides is 4. The highest BCUT2D eigenvalue weighted by Gasteiger charge is 2.27. The van der Waals surface area contributed by atoms with E-state index in [1.54, 1.807) is 24.5 Å². The molecule has 3 saturated heterocycles. The molecular weight excluding hydrogens is 869 g/mol. The van der Waals surface area contributed by atoms with Gasteiger partial charge in [0.2, 0.25) is 0 Å². The molecule has 5 rings (SSSR count). The van der Waals surface area contributed by atoms with E-state index in [0.29, 0.717) is 23.8 Å². The Balaban J connectivity index is 0.000000430. The Labute approximate surface area is 408 Å². The van der Waals surface area contributed by atoms with Gasteiger partial charge in [0.05, 0.1) is 22.8 Å². The van der Waals surface area contributed by atoms with Crippen LogP contribution in [-0.2, 0) is 18.9 Å². The van der Waals surface area contributed by atoms with Crippen LogP contribution in [0.4, 0.5) is 30.6 Å². The van der Waals surface area contributed by atoms with E-state index in [1.165, 1.54) is 0 Å². The lowest BCUT2D eigenvalue weighted by atomic mass is 10.0. The van der Waals surface area contributed by atoms with Crippen LogP contribution in [0.5, 0.6) is 0 Å². The van der Waals surface area contributed by atoms with Crippen molar-refractivity contribution in [1.29, 1.82) is 0 Å². The fraction of sp³-hybridized carbons (Fsp3) is 0.720. The van der Waals surface area contributed by atoms with Crippen LogP contribution in [0, 0.1) is 13.8 Å². The molecule has 388 valence electrons. The fourth-order valence-corrected chi connectivity index (χ4v) is 6.63. The second kappa shape index (κ2) is 29.2. The maximum atomic E-state index is 11.5. The van der Waals surface area contributed by atoms with Gasteiger partial charge in [-0.1, -0.05) is 0 Å². The van der Waals surface area contributed by atoms with Crippen LogP contribution in [0.15, 0.2) is 36.7 Å². The fourth-order valence-electron chi connectivity index (χ4n) is 6.63. The molecule has 4 amide bonds. The maximum absolute atomic E-state index is 11.5. The van der Waals surface area contributed by atoms with E-state index in [2.05, 4.69) is 68.0 Å². The van der Waals surface area contributed by atoms with E-state index in [1.807, 2.05) is 109 Å². The Morgan fingerprint density at radius 3 is 1.10 bits per heavy atom. The Morgan fingerprint density at radius 1 is 0.529 bits per heavy atom. The van der Waals surface area contributed by atoms with E-state index < -0.39 is 28.5 Å². The van der Waals surface area contributed by atoms with Crippen LogP contribution < -0.4 is 43.0 Å². The molecule has 0 bridgehead atoms. The van der Waals surface area contributed by atoms with Gasteiger partial charge in [-0.2, -0.15) is 0 Å². The molecule has 6 atom stereocenters. The van der Waals surface area contributed by atoms with E-state index >= 15 is 0 Å². The molecule has 0 aromatic carbocycles. The van der Waals surface area contributed by atoms with Gasteiger partial charge >= 0.3 is 24.4 Å². The number of carbonyl (C=O) groups excluding carboxylic acids is 4. The molecular formula is C50H90N10O8.